The quantitative estimate of drug-likeness (QED) is 0.459. The van der Waals surface area contributed by atoms with E-state index in [4.69, 9.17) is 4.74 Å². The number of aliphatic carboxylic acids is 1. The zero-order chi connectivity index (χ0) is 23.4. The summed E-state index contributed by atoms with van der Waals surface area (Å²) >= 11 is 0. The van der Waals surface area contributed by atoms with Crippen molar-refractivity contribution >= 4 is 5.97 Å². The minimum absolute atomic E-state index is 0.398. The molecule has 1 heterocycles. The first kappa shape index (κ1) is 22.9. The van der Waals surface area contributed by atoms with Gasteiger partial charge in [-0.15, -0.1) is 0 Å². The molecule has 0 aromatic heterocycles. The number of carbonyl (C=O) groups is 1. The number of piperidine rings is 1. The number of benzene rings is 3. The summed E-state index contributed by atoms with van der Waals surface area (Å²) in [5, 5.41) is 9.84. The van der Waals surface area contributed by atoms with E-state index < -0.39 is 29.8 Å². The Morgan fingerprint density at radius 1 is 0.909 bits per heavy atom. The van der Waals surface area contributed by atoms with Gasteiger partial charge < -0.3 is 9.84 Å². The number of carboxylic acids is 1. The molecule has 1 saturated heterocycles. The van der Waals surface area contributed by atoms with Gasteiger partial charge in [0, 0.05) is 0 Å². The number of para-hydroxylation sites is 1. The van der Waals surface area contributed by atoms with Crippen LogP contribution in [0.1, 0.15) is 42.0 Å². The van der Waals surface area contributed by atoms with Gasteiger partial charge in [0.05, 0.1) is 11.6 Å². The molecule has 0 saturated carbocycles. The lowest BCUT2D eigenvalue weighted by Crippen LogP contribution is -2.46. The molecule has 33 heavy (non-hydrogen) atoms. The molecule has 3 aromatic rings. The highest BCUT2D eigenvalue weighted by Gasteiger charge is 2.37. The summed E-state index contributed by atoms with van der Waals surface area (Å²) in [4.78, 5) is 13.8. The number of nitrogens with zero attached hydrogens (tertiary/aromatic N) is 1. The Morgan fingerprint density at radius 2 is 1.58 bits per heavy atom. The molecule has 0 amide bonds. The highest BCUT2D eigenvalue weighted by molar-refractivity contribution is 5.73. The highest BCUT2D eigenvalue weighted by atomic mass is 19.4. The van der Waals surface area contributed by atoms with Gasteiger partial charge in [-0.05, 0) is 66.9 Å². The van der Waals surface area contributed by atoms with Crippen LogP contribution in [0.25, 0.3) is 0 Å². The molecule has 0 spiro atoms. The second kappa shape index (κ2) is 9.67. The molecule has 0 bridgehead atoms. The second-order valence-corrected chi connectivity index (χ2v) is 8.10. The van der Waals surface area contributed by atoms with Crippen LogP contribution in [-0.4, -0.2) is 28.6 Å². The van der Waals surface area contributed by atoms with Gasteiger partial charge in [0.25, 0.3) is 0 Å². The molecule has 0 radical (unpaired) electrons. The number of hydrogen-bond acceptors (Lipinski definition) is 3. The fourth-order valence-electron chi connectivity index (χ4n) is 4.36. The van der Waals surface area contributed by atoms with Crippen LogP contribution in [0.4, 0.5) is 13.2 Å². The van der Waals surface area contributed by atoms with Crippen LogP contribution >= 0.6 is 0 Å². The Morgan fingerprint density at radius 3 is 2.27 bits per heavy atom. The van der Waals surface area contributed by atoms with Crippen molar-refractivity contribution < 1.29 is 27.8 Å². The zero-order valence-corrected chi connectivity index (χ0v) is 17.8. The van der Waals surface area contributed by atoms with Crippen molar-refractivity contribution in [3.8, 4) is 11.5 Å². The molecule has 1 aliphatic rings. The second-order valence-electron chi connectivity index (χ2n) is 8.10. The van der Waals surface area contributed by atoms with Crippen molar-refractivity contribution in [3.05, 3.63) is 95.6 Å². The fourth-order valence-corrected chi connectivity index (χ4v) is 4.36. The molecule has 7 heteroatoms. The van der Waals surface area contributed by atoms with E-state index in [9.17, 15) is 23.1 Å². The SMILES string of the molecule is O=C(O)C1CCCCN1C(c1cccc(Oc2ccccc2)c1)c1cccc(C(F)(F)F)c1. The number of alkyl halides is 3. The average Bonchev–Trinajstić information content (AvgIpc) is 2.80. The predicted molar refractivity (Wildman–Crippen MR) is 118 cm³/mol. The maximum Gasteiger partial charge on any atom is 0.416 e. The van der Waals surface area contributed by atoms with Gasteiger partial charge in [-0.3, -0.25) is 9.69 Å². The van der Waals surface area contributed by atoms with Crippen LogP contribution in [0.5, 0.6) is 11.5 Å². The number of rotatable bonds is 6. The van der Waals surface area contributed by atoms with Crippen LogP contribution in [0.2, 0.25) is 0 Å². The first-order valence-corrected chi connectivity index (χ1v) is 10.8. The van der Waals surface area contributed by atoms with Crippen molar-refractivity contribution in [2.24, 2.45) is 0 Å². The van der Waals surface area contributed by atoms with Gasteiger partial charge in [-0.25, -0.2) is 0 Å². The summed E-state index contributed by atoms with van der Waals surface area (Å²) < 4.78 is 46.3. The lowest BCUT2D eigenvalue weighted by atomic mass is 9.91. The first-order valence-electron chi connectivity index (χ1n) is 10.8. The highest BCUT2D eigenvalue weighted by Crippen LogP contribution is 2.38. The number of ether oxygens (including phenoxy) is 1. The Hall–Kier alpha value is -3.32. The smallest absolute Gasteiger partial charge is 0.416 e. The summed E-state index contributed by atoms with van der Waals surface area (Å²) in [7, 11) is 0. The zero-order valence-electron chi connectivity index (χ0n) is 17.8. The lowest BCUT2D eigenvalue weighted by Gasteiger charge is -2.40. The van der Waals surface area contributed by atoms with Gasteiger partial charge in [0.2, 0.25) is 0 Å². The molecule has 1 N–H and O–H groups in total. The summed E-state index contributed by atoms with van der Waals surface area (Å²) in [6, 6.07) is 20.0. The van der Waals surface area contributed by atoms with Crippen LogP contribution in [0.3, 0.4) is 0 Å². The Kier molecular flexibility index (Phi) is 6.70. The molecular formula is C26H24F3NO3. The van der Waals surface area contributed by atoms with E-state index in [0.29, 0.717) is 35.6 Å². The summed E-state index contributed by atoms with van der Waals surface area (Å²) in [6.45, 7) is 0.474. The number of hydrogen-bond donors (Lipinski definition) is 1. The van der Waals surface area contributed by atoms with Gasteiger partial charge in [-0.1, -0.05) is 48.9 Å². The van der Waals surface area contributed by atoms with Crippen LogP contribution < -0.4 is 4.74 Å². The molecule has 1 aliphatic heterocycles. The third-order valence-electron chi connectivity index (χ3n) is 5.84. The largest absolute Gasteiger partial charge is 0.480 e. The van der Waals surface area contributed by atoms with E-state index in [1.807, 2.05) is 30.3 Å². The maximum atomic E-state index is 13.5. The average molecular weight is 455 g/mol. The first-order chi connectivity index (χ1) is 15.8. The van der Waals surface area contributed by atoms with E-state index in [-0.39, 0.29) is 0 Å². The molecule has 4 nitrogen and oxygen atoms in total. The molecule has 0 aliphatic carbocycles. The normalized spacial score (nSPS) is 18.0. The minimum Gasteiger partial charge on any atom is -0.480 e. The van der Waals surface area contributed by atoms with E-state index in [0.717, 1.165) is 25.0 Å². The van der Waals surface area contributed by atoms with E-state index in [1.54, 1.807) is 35.2 Å². The van der Waals surface area contributed by atoms with Gasteiger partial charge in [-0.2, -0.15) is 13.2 Å². The van der Waals surface area contributed by atoms with Gasteiger partial charge in [0.15, 0.2) is 0 Å². The van der Waals surface area contributed by atoms with Crippen molar-refractivity contribution in [2.45, 2.75) is 37.5 Å². The van der Waals surface area contributed by atoms with Crippen molar-refractivity contribution in [2.75, 3.05) is 6.54 Å². The van der Waals surface area contributed by atoms with Crippen molar-refractivity contribution in [1.29, 1.82) is 0 Å². The third kappa shape index (κ3) is 5.37. The summed E-state index contributed by atoms with van der Waals surface area (Å²) in [6.07, 6.45) is -2.50. The monoisotopic (exact) mass is 455 g/mol. The standard InChI is InChI=1S/C26H24F3NO3/c27-26(28,29)20-10-6-8-18(16-20)24(30-15-5-4-14-23(30)25(31)32)19-9-7-13-22(17-19)33-21-11-2-1-3-12-21/h1-3,6-13,16-17,23-24H,4-5,14-15H2,(H,31,32). The summed E-state index contributed by atoms with van der Waals surface area (Å²) in [5.41, 5.74) is 0.316. The van der Waals surface area contributed by atoms with E-state index >= 15 is 0 Å². The van der Waals surface area contributed by atoms with Gasteiger partial charge in [0.1, 0.15) is 17.5 Å². The van der Waals surface area contributed by atoms with E-state index in [2.05, 4.69) is 0 Å². The van der Waals surface area contributed by atoms with Crippen LogP contribution in [0, 0.1) is 0 Å². The van der Waals surface area contributed by atoms with Crippen LogP contribution in [-0.2, 0) is 11.0 Å². The summed E-state index contributed by atoms with van der Waals surface area (Å²) in [5.74, 6) is 0.189. The molecule has 172 valence electrons. The van der Waals surface area contributed by atoms with Gasteiger partial charge >= 0.3 is 12.1 Å². The van der Waals surface area contributed by atoms with Crippen molar-refractivity contribution in [1.82, 2.24) is 4.90 Å². The molecule has 2 atom stereocenters. The Balaban J connectivity index is 1.78. The van der Waals surface area contributed by atoms with Crippen LogP contribution in [0.15, 0.2) is 78.9 Å². The molecule has 1 fully saturated rings. The maximum absolute atomic E-state index is 13.5. The number of likely N-dealkylation sites (tertiary alicyclic amines) is 1. The van der Waals surface area contributed by atoms with E-state index in [1.165, 1.54) is 6.07 Å². The predicted octanol–water partition coefficient (Wildman–Crippen LogP) is 6.53. The molecular weight excluding hydrogens is 431 g/mol. The molecule has 4 rings (SSSR count). The van der Waals surface area contributed by atoms with Crippen molar-refractivity contribution in [3.63, 3.8) is 0 Å². The topological polar surface area (TPSA) is 49.8 Å². The molecule has 3 aromatic carbocycles. The fraction of sp³-hybridized carbons (Fsp3) is 0.269. The number of carboxylic acid groups (broad SMARTS) is 1. The Bertz CT molecular complexity index is 1100. The minimum atomic E-state index is -4.49. The number of halogens is 3. The third-order valence-corrected chi connectivity index (χ3v) is 5.84. The molecule has 2 unspecified atom stereocenters. The lowest BCUT2D eigenvalue weighted by molar-refractivity contribution is -0.145. The Labute approximate surface area is 190 Å².